The van der Waals surface area contributed by atoms with E-state index in [2.05, 4.69) is 18.9 Å². The Morgan fingerprint density at radius 1 is 1.38 bits per heavy atom. The van der Waals surface area contributed by atoms with Gasteiger partial charge in [-0.3, -0.25) is 9.48 Å². The highest BCUT2D eigenvalue weighted by atomic mass is 19.1. The summed E-state index contributed by atoms with van der Waals surface area (Å²) in [7, 11) is 0. The molecule has 0 bridgehead atoms. The van der Waals surface area contributed by atoms with E-state index in [1.165, 1.54) is 6.07 Å². The van der Waals surface area contributed by atoms with Crippen molar-refractivity contribution in [2.45, 2.75) is 46.2 Å². The van der Waals surface area contributed by atoms with Gasteiger partial charge in [0.05, 0.1) is 23.5 Å². The lowest BCUT2D eigenvalue weighted by Crippen LogP contribution is -2.45. The second-order valence-corrected chi connectivity index (χ2v) is 6.76. The van der Waals surface area contributed by atoms with E-state index in [0.717, 1.165) is 25.1 Å². The van der Waals surface area contributed by atoms with Gasteiger partial charge in [-0.05, 0) is 24.8 Å². The van der Waals surface area contributed by atoms with E-state index in [4.69, 9.17) is 0 Å². The summed E-state index contributed by atoms with van der Waals surface area (Å²) in [5.74, 6) is 0.181. The zero-order valence-electron chi connectivity index (χ0n) is 14.5. The number of carbonyl (C=O) groups is 1. The van der Waals surface area contributed by atoms with E-state index in [1.54, 1.807) is 23.2 Å². The highest BCUT2D eigenvalue weighted by Gasteiger charge is 2.36. The second-order valence-electron chi connectivity index (χ2n) is 6.76. The molecule has 1 aromatic carbocycles. The Kier molecular flexibility index (Phi) is 4.69. The molecule has 2 heterocycles. The summed E-state index contributed by atoms with van der Waals surface area (Å²) in [6.07, 6.45) is 3.22. The van der Waals surface area contributed by atoms with Gasteiger partial charge in [-0.15, -0.1) is 0 Å². The van der Waals surface area contributed by atoms with E-state index in [1.807, 2.05) is 17.7 Å². The second kappa shape index (κ2) is 6.75. The minimum Gasteiger partial charge on any atom is -0.331 e. The first kappa shape index (κ1) is 16.7. The summed E-state index contributed by atoms with van der Waals surface area (Å²) >= 11 is 0. The molecule has 0 spiro atoms. The van der Waals surface area contributed by atoms with Gasteiger partial charge in [0.1, 0.15) is 5.82 Å². The maximum absolute atomic E-state index is 14.0. The normalized spacial score (nSPS) is 17.2. The van der Waals surface area contributed by atoms with Gasteiger partial charge in [-0.25, -0.2) is 4.39 Å². The largest absolute Gasteiger partial charge is 0.331 e. The fourth-order valence-electron chi connectivity index (χ4n) is 3.32. The molecule has 1 aliphatic rings. The lowest BCUT2D eigenvalue weighted by Gasteiger charge is -2.41. The fourth-order valence-corrected chi connectivity index (χ4v) is 3.32. The third-order valence-corrected chi connectivity index (χ3v) is 4.60. The summed E-state index contributed by atoms with van der Waals surface area (Å²) in [4.78, 5) is 14.7. The number of aromatic nitrogens is 2. The fraction of sp³-hybridized carbons (Fsp3) is 0.474. The Balaban J connectivity index is 1.85. The lowest BCUT2D eigenvalue weighted by molar-refractivity contribution is 0.0451. The predicted molar refractivity (Wildman–Crippen MR) is 91.2 cm³/mol. The van der Waals surface area contributed by atoms with Crippen LogP contribution in [0.25, 0.3) is 0 Å². The molecule has 1 aliphatic heterocycles. The Hall–Kier alpha value is -2.17. The third kappa shape index (κ3) is 2.95. The van der Waals surface area contributed by atoms with Gasteiger partial charge in [-0.1, -0.05) is 39.0 Å². The molecule has 1 atom stereocenters. The number of nitrogens with zero attached hydrogens (tertiary/aromatic N) is 3. The Morgan fingerprint density at radius 2 is 2.12 bits per heavy atom. The molecule has 0 radical (unpaired) electrons. The highest BCUT2D eigenvalue weighted by Crippen LogP contribution is 2.36. The summed E-state index contributed by atoms with van der Waals surface area (Å²) in [6.45, 7) is 7.76. The van der Waals surface area contributed by atoms with Crippen LogP contribution in [0.3, 0.4) is 0 Å². The van der Waals surface area contributed by atoms with Gasteiger partial charge in [0.2, 0.25) is 0 Å². The molecule has 1 aromatic heterocycles. The van der Waals surface area contributed by atoms with Gasteiger partial charge in [-0.2, -0.15) is 5.10 Å². The molecule has 0 N–H and O–H groups in total. The standard InChI is InChI=1S/C19H24FN3O/c1-4-17-15(11-21-23(17)12-13(2)3)19(24)22-10-9-18(22)14-7-5-6-8-16(14)20/h5-8,11,13,18H,4,9-10,12H2,1-3H3/t18-/m1/s1. The molecule has 128 valence electrons. The SMILES string of the molecule is CCc1c(C(=O)N2CC[C@@H]2c2ccccc2F)cnn1CC(C)C. The average molecular weight is 329 g/mol. The van der Waals surface area contributed by atoms with Gasteiger partial charge in [0, 0.05) is 18.7 Å². The number of likely N-dealkylation sites (tertiary alicyclic amines) is 1. The van der Waals surface area contributed by atoms with Crippen molar-refractivity contribution in [2.75, 3.05) is 6.54 Å². The maximum Gasteiger partial charge on any atom is 0.257 e. The number of benzene rings is 1. The van der Waals surface area contributed by atoms with Crippen LogP contribution >= 0.6 is 0 Å². The number of amides is 1. The van der Waals surface area contributed by atoms with Crippen LogP contribution in [0.2, 0.25) is 0 Å². The van der Waals surface area contributed by atoms with Crippen LogP contribution in [-0.2, 0) is 13.0 Å². The highest BCUT2D eigenvalue weighted by molar-refractivity contribution is 5.96. The minimum atomic E-state index is -0.244. The first-order valence-corrected chi connectivity index (χ1v) is 8.63. The number of carbonyl (C=O) groups excluding carboxylic acids is 1. The van der Waals surface area contributed by atoms with Crippen molar-refractivity contribution >= 4 is 5.91 Å². The molecule has 0 unspecified atom stereocenters. The van der Waals surface area contributed by atoms with Crippen LogP contribution in [-0.4, -0.2) is 27.1 Å². The zero-order valence-corrected chi connectivity index (χ0v) is 14.5. The summed E-state index contributed by atoms with van der Waals surface area (Å²) in [6, 6.07) is 6.54. The van der Waals surface area contributed by atoms with Crippen molar-refractivity contribution in [3.05, 3.63) is 53.1 Å². The molecule has 1 fully saturated rings. The molecule has 2 aromatic rings. The zero-order chi connectivity index (χ0) is 17.3. The van der Waals surface area contributed by atoms with Crippen LogP contribution < -0.4 is 0 Å². The monoisotopic (exact) mass is 329 g/mol. The smallest absolute Gasteiger partial charge is 0.257 e. The van der Waals surface area contributed by atoms with Crippen molar-refractivity contribution in [3.8, 4) is 0 Å². The van der Waals surface area contributed by atoms with E-state index in [0.29, 0.717) is 23.6 Å². The molecule has 1 saturated heterocycles. The van der Waals surface area contributed by atoms with E-state index >= 15 is 0 Å². The minimum absolute atomic E-state index is 0.0404. The Bertz CT molecular complexity index is 738. The van der Waals surface area contributed by atoms with Gasteiger partial charge >= 0.3 is 0 Å². The molecule has 4 nitrogen and oxygen atoms in total. The number of hydrogen-bond acceptors (Lipinski definition) is 2. The van der Waals surface area contributed by atoms with Crippen molar-refractivity contribution in [3.63, 3.8) is 0 Å². The Labute approximate surface area is 142 Å². The average Bonchev–Trinajstić information content (AvgIpc) is 2.90. The van der Waals surface area contributed by atoms with Gasteiger partial charge in [0.15, 0.2) is 0 Å². The van der Waals surface area contributed by atoms with Crippen molar-refractivity contribution in [1.82, 2.24) is 14.7 Å². The quantitative estimate of drug-likeness (QED) is 0.836. The first-order valence-electron chi connectivity index (χ1n) is 8.63. The van der Waals surface area contributed by atoms with Gasteiger partial charge < -0.3 is 4.90 Å². The summed E-state index contributed by atoms with van der Waals surface area (Å²) in [5.41, 5.74) is 2.22. The summed E-state index contributed by atoms with van der Waals surface area (Å²) < 4.78 is 16.0. The first-order chi connectivity index (χ1) is 11.5. The number of halogens is 1. The van der Waals surface area contributed by atoms with E-state index < -0.39 is 0 Å². The van der Waals surface area contributed by atoms with Gasteiger partial charge in [0.25, 0.3) is 5.91 Å². The molecular weight excluding hydrogens is 305 g/mol. The van der Waals surface area contributed by atoms with E-state index in [9.17, 15) is 9.18 Å². The lowest BCUT2D eigenvalue weighted by atomic mass is 9.93. The molecular formula is C19H24FN3O. The van der Waals surface area contributed by atoms with Crippen molar-refractivity contribution < 1.29 is 9.18 Å². The molecule has 0 saturated carbocycles. The van der Waals surface area contributed by atoms with Crippen LogP contribution in [0.4, 0.5) is 4.39 Å². The van der Waals surface area contributed by atoms with Crippen molar-refractivity contribution in [2.24, 2.45) is 5.92 Å². The third-order valence-electron chi connectivity index (χ3n) is 4.60. The predicted octanol–water partition coefficient (Wildman–Crippen LogP) is 3.83. The van der Waals surface area contributed by atoms with Crippen LogP contribution in [0.15, 0.2) is 30.5 Å². The Morgan fingerprint density at radius 3 is 2.71 bits per heavy atom. The molecule has 1 amide bonds. The van der Waals surface area contributed by atoms with Crippen LogP contribution in [0, 0.1) is 11.7 Å². The van der Waals surface area contributed by atoms with Crippen LogP contribution in [0.5, 0.6) is 0 Å². The maximum atomic E-state index is 14.0. The number of rotatable bonds is 5. The summed E-state index contributed by atoms with van der Waals surface area (Å²) in [5, 5.41) is 4.40. The molecule has 5 heteroatoms. The van der Waals surface area contributed by atoms with Crippen molar-refractivity contribution in [1.29, 1.82) is 0 Å². The molecule has 24 heavy (non-hydrogen) atoms. The topological polar surface area (TPSA) is 38.1 Å². The van der Waals surface area contributed by atoms with Crippen LogP contribution in [0.1, 0.15) is 54.8 Å². The van der Waals surface area contributed by atoms with E-state index in [-0.39, 0.29) is 17.8 Å². The molecule has 0 aliphatic carbocycles. The molecule has 3 rings (SSSR count). The number of hydrogen-bond donors (Lipinski definition) is 0.